The summed E-state index contributed by atoms with van der Waals surface area (Å²) in [7, 11) is 0. The summed E-state index contributed by atoms with van der Waals surface area (Å²) in [5.41, 5.74) is 0. The van der Waals surface area contributed by atoms with Crippen molar-refractivity contribution in [3.8, 4) is 0 Å². The fraction of sp³-hybridized carbons (Fsp3) is 1.00. The Hall–Kier alpha value is 0.360. The van der Waals surface area contributed by atoms with Crippen LogP contribution in [0.5, 0.6) is 0 Å². The first kappa shape index (κ1) is 13.4. The van der Waals surface area contributed by atoms with Gasteiger partial charge in [0.05, 0.1) is 33.0 Å². The molecule has 0 fully saturated rings. The smallest absolute Gasteiger partial charge is 0.0701 e. The van der Waals surface area contributed by atoms with Crippen LogP contribution < -0.4 is 0 Å². The van der Waals surface area contributed by atoms with Crippen LogP contribution in [0.2, 0.25) is 0 Å². The molecular formula is C9H19BrO3. The highest BCUT2D eigenvalue weighted by atomic mass is 79.9. The van der Waals surface area contributed by atoms with E-state index in [9.17, 15) is 0 Å². The van der Waals surface area contributed by atoms with E-state index in [1.165, 1.54) is 0 Å². The molecule has 0 rings (SSSR count). The Bertz CT molecular complexity index is 80.9. The van der Waals surface area contributed by atoms with Crippen molar-refractivity contribution in [2.24, 2.45) is 0 Å². The highest BCUT2D eigenvalue weighted by molar-refractivity contribution is 9.09. The molecule has 0 saturated heterocycles. The average molecular weight is 255 g/mol. The second kappa shape index (κ2) is 12.4. The van der Waals surface area contributed by atoms with Crippen LogP contribution in [-0.4, -0.2) is 45.0 Å². The van der Waals surface area contributed by atoms with E-state index in [0.717, 1.165) is 25.0 Å². The summed E-state index contributed by atoms with van der Waals surface area (Å²) >= 11 is 3.27. The molecule has 0 atom stereocenters. The quantitative estimate of drug-likeness (QED) is 0.440. The van der Waals surface area contributed by atoms with E-state index >= 15 is 0 Å². The van der Waals surface area contributed by atoms with E-state index in [0.29, 0.717) is 26.4 Å². The van der Waals surface area contributed by atoms with Crippen LogP contribution in [0, 0.1) is 0 Å². The molecule has 13 heavy (non-hydrogen) atoms. The van der Waals surface area contributed by atoms with E-state index in [4.69, 9.17) is 14.2 Å². The molecule has 0 aromatic rings. The lowest BCUT2D eigenvalue weighted by atomic mass is 10.5. The van der Waals surface area contributed by atoms with Crippen LogP contribution in [0.4, 0.5) is 0 Å². The van der Waals surface area contributed by atoms with Crippen molar-refractivity contribution < 1.29 is 14.2 Å². The number of rotatable bonds is 10. The molecule has 0 saturated carbocycles. The van der Waals surface area contributed by atoms with Gasteiger partial charge in [0.15, 0.2) is 0 Å². The summed E-state index contributed by atoms with van der Waals surface area (Å²) in [6, 6.07) is 0. The zero-order valence-corrected chi connectivity index (χ0v) is 9.85. The predicted molar refractivity (Wildman–Crippen MR) is 56.5 cm³/mol. The van der Waals surface area contributed by atoms with Gasteiger partial charge in [-0.3, -0.25) is 0 Å². The van der Waals surface area contributed by atoms with Crippen molar-refractivity contribution in [1.82, 2.24) is 0 Å². The van der Waals surface area contributed by atoms with Gasteiger partial charge in [-0.25, -0.2) is 0 Å². The van der Waals surface area contributed by atoms with Gasteiger partial charge in [0.1, 0.15) is 0 Å². The van der Waals surface area contributed by atoms with Crippen molar-refractivity contribution in [3.05, 3.63) is 0 Å². The number of halogens is 1. The minimum absolute atomic E-state index is 0.655. The summed E-state index contributed by atoms with van der Waals surface area (Å²) in [4.78, 5) is 0. The molecule has 0 aliphatic rings. The van der Waals surface area contributed by atoms with Gasteiger partial charge >= 0.3 is 0 Å². The first-order valence-corrected chi connectivity index (χ1v) is 5.83. The molecule has 0 aromatic heterocycles. The largest absolute Gasteiger partial charge is 0.379 e. The molecule has 0 radical (unpaired) electrons. The Balaban J connectivity index is 2.76. The topological polar surface area (TPSA) is 27.7 Å². The number of ether oxygens (including phenoxy) is 3. The summed E-state index contributed by atoms with van der Waals surface area (Å²) in [5.74, 6) is 0. The number of alkyl halides is 1. The molecule has 0 N–H and O–H groups in total. The zero-order chi connectivity index (χ0) is 9.78. The van der Waals surface area contributed by atoms with Crippen molar-refractivity contribution in [3.63, 3.8) is 0 Å². The summed E-state index contributed by atoms with van der Waals surface area (Å²) < 4.78 is 15.7. The van der Waals surface area contributed by atoms with E-state index in [2.05, 4.69) is 22.9 Å². The molecule has 4 heteroatoms. The fourth-order valence-electron chi connectivity index (χ4n) is 0.741. The Morgan fingerprint density at radius 3 is 1.69 bits per heavy atom. The third-order valence-corrected chi connectivity index (χ3v) is 1.64. The predicted octanol–water partition coefficient (Wildman–Crippen LogP) is 1.84. The van der Waals surface area contributed by atoms with Crippen LogP contribution in [0.3, 0.4) is 0 Å². The molecule has 80 valence electrons. The van der Waals surface area contributed by atoms with Gasteiger partial charge < -0.3 is 14.2 Å². The minimum atomic E-state index is 0.655. The van der Waals surface area contributed by atoms with Crippen LogP contribution in [0.1, 0.15) is 13.3 Å². The van der Waals surface area contributed by atoms with E-state index in [1.54, 1.807) is 0 Å². The molecule has 0 aromatic carbocycles. The highest BCUT2D eigenvalue weighted by Gasteiger charge is 1.89. The maximum atomic E-state index is 5.26. The SMILES string of the molecule is CCCOCCOCCOCCBr. The van der Waals surface area contributed by atoms with Crippen molar-refractivity contribution in [1.29, 1.82) is 0 Å². The monoisotopic (exact) mass is 254 g/mol. The zero-order valence-electron chi connectivity index (χ0n) is 8.26. The van der Waals surface area contributed by atoms with Crippen molar-refractivity contribution in [2.75, 3.05) is 45.0 Å². The maximum Gasteiger partial charge on any atom is 0.0701 e. The van der Waals surface area contributed by atoms with Gasteiger partial charge in [-0.05, 0) is 6.42 Å². The molecular weight excluding hydrogens is 236 g/mol. The lowest BCUT2D eigenvalue weighted by molar-refractivity contribution is 0.0176. The number of hydrogen-bond donors (Lipinski definition) is 0. The van der Waals surface area contributed by atoms with Crippen LogP contribution in [-0.2, 0) is 14.2 Å². The van der Waals surface area contributed by atoms with E-state index in [1.807, 2.05) is 0 Å². The third-order valence-electron chi connectivity index (χ3n) is 1.31. The van der Waals surface area contributed by atoms with Crippen molar-refractivity contribution >= 4 is 15.9 Å². The molecule has 0 amide bonds. The number of hydrogen-bond acceptors (Lipinski definition) is 3. The highest BCUT2D eigenvalue weighted by Crippen LogP contribution is 1.84. The average Bonchev–Trinajstić information content (AvgIpc) is 2.16. The summed E-state index contributed by atoms with van der Waals surface area (Å²) in [6.45, 7) is 6.33. The first-order valence-electron chi connectivity index (χ1n) is 4.71. The Kier molecular flexibility index (Phi) is 12.7. The van der Waals surface area contributed by atoms with Crippen molar-refractivity contribution in [2.45, 2.75) is 13.3 Å². The maximum absolute atomic E-state index is 5.26. The molecule has 3 nitrogen and oxygen atoms in total. The van der Waals surface area contributed by atoms with Gasteiger partial charge in [0, 0.05) is 11.9 Å². The third kappa shape index (κ3) is 12.4. The molecule has 0 spiro atoms. The Morgan fingerprint density at radius 1 is 0.769 bits per heavy atom. The summed E-state index contributed by atoms with van der Waals surface area (Å²) in [5, 5.41) is 0.882. The molecule has 0 aliphatic carbocycles. The molecule has 0 aliphatic heterocycles. The van der Waals surface area contributed by atoms with Gasteiger partial charge in [-0.2, -0.15) is 0 Å². The second-order valence-corrected chi connectivity index (χ2v) is 3.32. The molecule has 0 bridgehead atoms. The van der Waals surface area contributed by atoms with E-state index < -0.39 is 0 Å². The van der Waals surface area contributed by atoms with Crippen LogP contribution >= 0.6 is 15.9 Å². The molecule has 0 unspecified atom stereocenters. The Labute approximate surface area is 88.9 Å². The fourth-order valence-corrected chi connectivity index (χ4v) is 0.970. The second-order valence-electron chi connectivity index (χ2n) is 2.53. The van der Waals surface area contributed by atoms with Gasteiger partial charge in [-0.15, -0.1) is 0 Å². The van der Waals surface area contributed by atoms with Gasteiger partial charge in [0.25, 0.3) is 0 Å². The van der Waals surface area contributed by atoms with Gasteiger partial charge in [0.2, 0.25) is 0 Å². The molecule has 0 heterocycles. The standard InChI is InChI=1S/C9H19BrO3/c1-2-4-11-6-8-13-9-7-12-5-3-10/h2-9H2,1H3. The Morgan fingerprint density at radius 2 is 1.23 bits per heavy atom. The van der Waals surface area contributed by atoms with Gasteiger partial charge in [-0.1, -0.05) is 22.9 Å². The normalized spacial score (nSPS) is 10.6. The van der Waals surface area contributed by atoms with E-state index in [-0.39, 0.29) is 0 Å². The minimum Gasteiger partial charge on any atom is -0.379 e. The first-order chi connectivity index (χ1) is 6.41. The van der Waals surface area contributed by atoms with Crippen LogP contribution in [0.15, 0.2) is 0 Å². The van der Waals surface area contributed by atoms with Crippen LogP contribution in [0.25, 0.3) is 0 Å². The summed E-state index contributed by atoms with van der Waals surface area (Å²) in [6.07, 6.45) is 1.06. The lowest BCUT2D eigenvalue weighted by Crippen LogP contribution is -2.10. The lowest BCUT2D eigenvalue weighted by Gasteiger charge is -2.04.